The Morgan fingerprint density at radius 1 is 0.571 bits per heavy atom. The van der Waals surface area contributed by atoms with Crippen LogP contribution in [-0.2, 0) is 6.54 Å². The summed E-state index contributed by atoms with van der Waals surface area (Å²) in [6.45, 7) is 7.94. The maximum atomic E-state index is 2.42. The lowest BCUT2D eigenvalue weighted by molar-refractivity contribution is -0.703. The molecule has 0 saturated carbocycles. The van der Waals surface area contributed by atoms with E-state index in [9.17, 15) is 0 Å². The second-order valence-corrected chi connectivity index (χ2v) is 8.98. The van der Waals surface area contributed by atoms with Gasteiger partial charge in [0.2, 0.25) is 0 Å². The Morgan fingerprint density at radius 2 is 0.964 bits per heavy atom. The van der Waals surface area contributed by atoms with Crippen molar-refractivity contribution in [1.29, 1.82) is 0 Å². The number of hydrogen-bond donors (Lipinski definition) is 0. The molecule has 0 N–H and O–H groups in total. The fraction of sp³-hybridized carbons (Fsp3) is 0.815. The lowest BCUT2D eigenvalue weighted by Crippen LogP contribution is -2.37. The third-order valence-corrected chi connectivity index (χ3v) is 6.37. The number of unbranched alkanes of at least 4 members (excludes halogenated alkanes) is 17. The molecule has 0 aliphatic carbocycles. The normalized spacial score (nSPS) is 11.2. The topological polar surface area (TPSA) is 3.88 Å². The van der Waals surface area contributed by atoms with E-state index in [4.69, 9.17) is 0 Å². The van der Waals surface area contributed by atoms with Crippen LogP contribution in [0.15, 0.2) is 18.3 Å². The highest BCUT2D eigenvalue weighted by molar-refractivity contribution is 5.11. The molecule has 0 aliphatic heterocycles. The third-order valence-electron chi connectivity index (χ3n) is 6.37. The van der Waals surface area contributed by atoms with Crippen molar-refractivity contribution in [1.82, 2.24) is 0 Å². The molecule has 1 rings (SSSR count). The Labute approximate surface area is 177 Å². The average molecular weight is 389 g/mol. The SMILES string of the molecule is CCCCCCCCCCCCCCCCCCCC[n+]1cccc(C)c1C. The van der Waals surface area contributed by atoms with Crippen LogP contribution in [0.2, 0.25) is 0 Å². The maximum absolute atomic E-state index is 2.42. The van der Waals surface area contributed by atoms with E-state index in [-0.39, 0.29) is 0 Å². The van der Waals surface area contributed by atoms with Gasteiger partial charge in [-0.25, -0.2) is 4.57 Å². The molecule has 0 amide bonds. The molecule has 0 saturated heterocycles. The predicted octanol–water partition coefficient (Wildman–Crippen LogP) is 8.63. The largest absolute Gasteiger partial charge is 0.202 e. The summed E-state index contributed by atoms with van der Waals surface area (Å²) in [7, 11) is 0. The molecular weight excluding hydrogens is 338 g/mol. The molecule has 0 atom stereocenters. The van der Waals surface area contributed by atoms with Crippen molar-refractivity contribution in [2.24, 2.45) is 0 Å². The lowest BCUT2D eigenvalue weighted by Gasteiger charge is -2.04. The standard InChI is InChI=1S/C27H50N/c1-4-5-6-7-8-9-10-11-12-13-14-15-16-17-18-19-20-21-24-28-25-22-23-26(2)27(28)3/h22-23,25H,4-21,24H2,1-3H3/q+1. The Balaban J connectivity index is 1.77. The molecule has 0 radical (unpaired) electrons. The van der Waals surface area contributed by atoms with Crippen LogP contribution in [0, 0.1) is 13.8 Å². The summed E-state index contributed by atoms with van der Waals surface area (Å²) in [5, 5.41) is 0. The van der Waals surface area contributed by atoms with Gasteiger partial charge in [0.1, 0.15) is 6.54 Å². The molecule has 0 aliphatic rings. The molecule has 28 heavy (non-hydrogen) atoms. The zero-order valence-corrected chi connectivity index (χ0v) is 19.6. The summed E-state index contributed by atoms with van der Waals surface area (Å²) in [4.78, 5) is 0. The highest BCUT2D eigenvalue weighted by Crippen LogP contribution is 2.14. The zero-order chi connectivity index (χ0) is 20.3. The molecule has 0 aromatic carbocycles. The minimum atomic E-state index is 1.19. The molecule has 0 spiro atoms. The van der Waals surface area contributed by atoms with Gasteiger partial charge in [-0.2, -0.15) is 0 Å². The molecule has 1 heterocycles. The van der Waals surface area contributed by atoms with E-state index in [2.05, 4.69) is 43.7 Å². The summed E-state index contributed by atoms with van der Waals surface area (Å²) in [6, 6.07) is 4.39. The van der Waals surface area contributed by atoms with Gasteiger partial charge in [0.15, 0.2) is 11.9 Å². The fourth-order valence-electron chi connectivity index (χ4n) is 4.18. The average Bonchev–Trinajstić information content (AvgIpc) is 2.70. The number of nitrogens with zero attached hydrogens (tertiary/aromatic N) is 1. The van der Waals surface area contributed by atoms with Gasteiger partial charge in [0.05, 0.1) is 0 Å². The highest BCUT2D eigenvalue weighted by Gasteiger charge is 2.07. The van der Waals surface area contributed by atoms with Gasteiger partial charge >= 0.3 is 0 Å². The molecule has 0 unspecified atom stereocenters. The molecule has 0 bridgehead atoms. The quantitative estimate of drug-likeness (QED) is 0.165. The van der Waals surface area contributed by atoms with E-state index in [1.165, 1.54) is 133 Å². The molecule has 1 aromatic rings. The predicted molar refractivity (Wildman–Crippen MR) is 125 cm³/mol. The lowest BCUT2D eigenvalue weighted by atomic mass is 10.0. The van der Waals surface area contributed by atoms with Crippen molar-refractivity contribution >= 4 is 0 Å². The first-order valence-corrected chi connectivity index (χ1v) is 12.7. The molecular formula is C27H50N+. The van der Waals surface area contributed by atoms with E-state index < -0.39 is 0 Å². The first kappa shape index (κ1) is 25.2. The second-order valence-electron chi connectivity index (χ2n) is 8.98. The van der Waals surface area contributed by atoms with Crippen LogP contribution in [0.4, 0.5) is 0 Å². The van der Waals surface area contributed by atoms with E-state index in [1.807, 2.05) is 0 Å². The van der Waals surface area contributed by atoms with Gasteiger partial charge in [-0.3, -0.25) is 0 Å². The molecule has 1 heteroatoms. The minimum absolute atomic E-state index is 1.19. The fourth-order valence-corrected chi connectivity index (χ4v) is 4.18. The van der Waals surface area contributed by atoms with E-state index in [0.717, 1.165) is 0 Å². The Kier molecular flexibility index (Phi) is 16.4. The minimum Gasteiger partial charge on any atom is -0.202 e. The number of aromatic nitrogens is 1. The van der Waals surface area contributed by atoms with Crippen molar-refractivity contribution in [2.75, 3.05) is 0 Å². The third kappa shape index (κ3) is 13.3. The monoisotopic (exact) mass is 388 g/mol. The molecule has 162 valence electrons. The summed E-state index contributed by atoms with van der Waals surface area (Å²) in [5.41, 5.74) is 2.83. The smallest absolute Gasteiger partial charge is 0.181 e. The van der Waals surface area contributed by atoms with Crippen LogP contribution in [-0.4, -0.2) is 0 Å². The van der Waals surface area contributed by atoms with Gasteiger partial charge in [-0.1, -0.05) is 110 Å². The Hall–Kier alpha value is -0.850. The number of hydrogen-bond acceptors (Lipinski definition) is 0. The van der Waals surface area contributed by atoms with E-state index >= 15 is 0 Å². The summed E-state index contributed by atoms with van der Waals surface area (Å²) < 4.78 is 2.42. The van der Waals surface area contributed by atoms with Crippen LogP contribution in [0.3, 0.4) is 0 Å². The van der Waals surface area contributed by atoms with Gasteiger partial charge < -0.3 is 0 Å². The van der Waals surface area contributed by atoms with Gasteiger partial charge in [0.25, 0.3) is 0 Å². The maximum Gasteiger partial charge on any atom is 0.181 e. The van der Waals surface area contributed by atoms with Crippen LogP contribution in [0.1, 0.15) is 134 Å². The van der Waals surface area contributed by atoms with Gasteiger partial charge in [-0.05, 0) is 19.4 Å². The van der Waals surface area contributed by atoms with Gasteiger partial charge in [0, 0.05) is 25.0 Å². The second kappa shape index (κ2) is 18.2. The first-order chi connectivity index (χ1) is 13.8. The summed E-state index contributed by atoms with van der Waals surface area (Å²) in [6.07, 6.45) is 28.3. The van der Waals surface area contributed by atoms with Crippen LogP contribution in [0.25, 0.3) is 0 Å². The molecule has 0 fully saturated rings. The Bertz CT molecular complexity index is 465. The van der Waals surface area contributed by atoms with Crippen molar-refractivity contribution in [3.05, 3.63) is 29.6 Å². The van der Waals surface area contributed by atoms with Crippen LogP contribution < -0.4 is 4.57 Å². The molecule has 1 nitrogen and oxygen atoms in total. The van der Waals surface area contributed by atoms with E-state index in [1.54, 1.807) is 0 Å². The van der Waals surface area contributed by atoms with Crippen molar-refractivity contribution in [2.45, 2.75) is 143 Å². The van der Waals surface area contributed by atoms with E-state index in [0.29, 0.717) is 0 Å². The zero-order valence-electron chi connectivity index (χ0n) is 19.6. The van der Waals surface area contributed by atoms with Crippen LogP contribution in [0.5, 0.6) is 0 Å². The van der Waals surface area contributed by atoms with Gasteiger partial charge in [-0.15, -0.1) is 0 Å². The molecule has 1 aromatic heterocycles. The first-order valence-electron chi connectivity index (χ1n) is 12.7. The highest BCUT2D eigenvalue weighted by atomic mass is 14.9. The van der Waals surface area contributed by atoms with Crippen molar-refractivity contribution in [3.63, 3.8) is 0 Å². The van der Waals surface area contributed by atoms with Crippen LogP contribution >= 0.6 is 0 Å². The summed E-state index contributed by atoms with van der Waals surface area (Å²) in [5.74, 6) is 0. The summed E-state index contributed by atoms with van der Waals surface area (Å²) >= 11 is 0. The van der Waals surface area contributed by atoms with Crippen molar-refractivity contribution in [3.8, 4) is 0 Å². The number of rotatable bonds is 19. The number of pyridine rings is 1. The Morgan fingerprint density at radius 3 is 1.39 bits per heavy atom. The van der Waals surface area contributed by atoms with Crippen molar-refractivity contribution < 1.29 is 4.57 Å². The number of aryl methyl sites for hydroxylation is 2.